The number of anilines is 1. The van der Waals surface area contributed by atoms with Crippen LogP contribution in [0.4, 0.5) is 5.88 Å². The molecule has 2 heterocycles. The highest BCUT2D eigenvalue weighted by atomic mass is 32.2. The van der Waals surface area contributed by atoms with Gasteiger partial charge in [0.1, 0.15) is 0 Å². The van der Waals surface area contributed by atoms with Gasteiger partial charge in [-0.05, 0) is 58.8 Å². The standard InChI is InChI=1S/C24H40N2O4S/c1-5-11-18(6-2)31-23(3,4)22(27)25-20-16-19(26-30-20)24(13-8-9-14-24)17-29-21-12-7-10-15-28-21/h16,18,21H,5-15,17H2,1-4H3,(H,25,27). The van der Waals surface area contributed by atoms with E-state index in [-0.39, 0.29) is 17.6 Å². The van der Waals surface area contributed by atoms with E-state index >= 15 is 0 Å². The summed E-state index contributed by atoms with van der Waals surface area (Å²) < 4.78 is 16.9. The van der Waals surface area contributed by atoms with E-state index in [2.05, 4.69) is 24.3 Å². The van der Waals surface area contributed by atoms with E-state index in [0.29, 0.717) is 17.7 Å². The second-order valence-corrected chi connectivity index (χ2v) is 11.5. The molecule has 1 aromatic heterocycles. The third-order valence-electron chi connectivity index (χ3n) is 6.61. The molecule has 1 N–H and O–H groups in total. The Morgan fingerprint density at radius 2 is 2.10 bits per heavy atom. The number of carbonyl (C=O) groups is 1. The Labute approximate surface area is 191 Å². The van der Waals surface area contributed by atoms with E-state index in [1.165, 1.54) is 0 Å². The van der Waals surface area contributed by atoms with Crippen molar-refractivity contribution in [2.45, 2.75) is 114 Å². The van der Waals surface area contributed by atoms with Crippen LogP contribution in [0.3, 0.4) is 0 Å². The van der Waals surface area contributed by atoms with Crippen molar-refractivity contribution in [2.75, 3.05) is 18.5 Å². The fourth-order valence-corrected chi connectivity index (χ4v) is 6.12. The molecular weight excluding hydrogens is 412 g/mol. The van der Waals surface area contributed by atoms with Crippen LogP contribution in [0, 0.1) is 0 Å². The second kappa shape index (κ2) is 11.2. The summed E-state index contributed by atoms with van der Waals surface area (Å²) in [6.07, 6.45) is 10.8. The van der Waals surface area contributed by atoms with Crippen molar-refractivity contribution in [1.29, 1.82) is 0 Å². The zero-order valence-corrected chi connectivity index (χ0v) is 20.5. The van der Waals surface area contributed by atoms with Gasteiger partial charge < -0.3 is 14.0 Å². The first-order valence-electron chi connectivity index (χ1n) is 12.1. The minimum atomic E-state index is -0.532. The highest BCUT2D eigenvalue weighted by Crippen LogP contribution is 2.42. The van der Waals surface area contributed by atoms with Crippen LogP contribution in [0.25, 0.3) is 0 Å². The maximum absolute atomic E-state index is 13.0. The topological polar surface area (TPSA) is 73.6 Å². The van der Waals surface area contributed by atoms with Gasteiger partial charge in [0.05, 0.1) is 17.0 Å². The second-order valence-electron chi connectivity index (χ2n) is 9.57. The third kappa shape index (κ3) is 6.48. The van der Waals surface area contributed by atoms with Crippen LogP contribution in [-0.2, 0) is 19.7 Å². The van der Waals surface area contributed by atoms with Crippen molar-refractivity contribution in [3.63, 3.8) is 0 Å². The van der Waals surface area contributed by atoms with Crippen molar-refractivity contribution >= 4 is 23.6 Å². The van der Waals surface area contributed by atoms with Gasteiger partial charge in [0, 0.05) is 23.3 Å². The molecule has 3 rings (SSSR count). The number of hydrogen-bond donors (Lipinski definition) is 1. The predicted molar refractivity (Wildman–Crippen MR) is 125 cm³/mol. The molecule has 1 saturated heterocycles. The van der Waals surface area contributed by atoms with Crippen molar-refractivity contribution in [3.8, 4) is 0 Å². The third-order valence-corrected chi connectivity index (χ3v) is 8.29. The molecule has 1 saturated carbocycles. The number of rotatable bonds is 11. The zero-order valence-electron chi connectivity index (χ0n) is 19.7. The summed E-state index contributed by atoms with van der Waals surface area (Å²) >= 11 is 1.75. The van der Waals surface area contributed by atoms with Gasteiger partial charge in [-0.15, -0.1) is 11.8 Å². The Hall–Kier alpha value is -1.05. The van der Waals surface area contributed by atoms with Crippen LogP contribution in [0.15, 0.2) is 10.6 Å². The number of carbonyl (C=O) groups excluding carboxylic acids is 1. The minimum absolute atomic E-state index is 0.0397. The van der Waals surface area contributed by atoms with Crippen LogP contribution >= 0.6 is 11.8 Å². The fraction of sp³-hybridized carbons (Fsp3) is 0.833. The summed E-state index contributed by atoms with van der Waals surface area (Å²) in [7, 11) is 0. The molecule has 0 aromatic carbocycles. The van der Waals surface area contributed by atoms with Gasteiger partial charge in [-0.3, -0.25) is 10.1 Å². The van der Waals surface area contributed by atoms with Crippen LogP contribution in [-0.4, -0.2) is 40.6 Å². The van der Waals surface area contributed by atoms with E-state index in [1.807, 2.05) is 19.9 Å². The molecule has 2 fully saturated rings. The summed E-state index contributed by atoms with van der Waals surface area (Å²) in [5, 5.41) is 7.81. The van der Waals surface area contributed by atoms with Crippen molar-refractivity contribution in [1.82, 2.24) is 5.16 Å². The molecule has 7 heteroatoms. The number of ether oxygens (including phenoxy) is 2. The van der Waals surface area contributed by atoms with E-state index in [4.69, 9.17) is 14.0 Å². The lowest BCUT2D eigenvalue weighted by molar-refractivity contribution is -0.172. The molecule has 31 heavy (non-hydrogen) atoms. The SMILES string of the molecule is CCCC(CC)SC(C)(C)C(=O)Nc1cc(C2(COC3CCCCO3)CCCC2)no1. The Morgan fingerprint density at radius 3 is 2.74 bits per heavy atom. The maximum atomic E-state index is 13.0. The van der Waals surface area contributed by atoms with Gasteiger partial charge in [0.25, 0.3) is 0 Å². The molecule has 1 aliphatic heterocycles. The first-order chi connectivity index (χ1) is 14.9. The summed E-state index contributed by atoms with van der Waals surface area (Å²) in [5.74, 6) is 0.388. The predicted octanol–water partition coefficient (Wildman–Crippen LogP) is 6.06. The van der Waals surface area contributed by atoms with Gasteiger partial charge in [-0.1, -0.05) is 38.3 Å². The van der Waals surface area contributed by atoms with E-state index in [0.717, 1.165) is 76.5 Å². The van der Waals surface area contributed by atoms with Gasteiger partial charge in [-0.2, -0.15) is 0 Å². The molecule has 2 atom stereocenters. The van der Waals surface area contributed by atoms with E-state index in [9.17, 15) is 4.79 Å². The van der Waals surface area contributed by atoms with Gasteiger partial charge in [-0.25, -0.2) is 0 Å². The molecular formula is C24H40N2O4S. The molecule has 1 amide bonds. The average Bonchev–Trinajstić information content (AvgIpc) is 3.43. The molecule has 0 bridgehead atoms. The lowest BCUT2D eigenvalue weighted by Crippen LogP contribution is -2.36. The quantitative estimate of drug-likeness (QED) is 0.440. The van der Waals surface area contributed by atoms with Gasteiger partial charge in [0.2, 0.25) is 11.8 Å². The minimum Gasteiger partial charge on any atom is -0.353 e. The number of hydrogen-bond acceptors (Lipinski definition) is 6. The molecule has 0 spiro atoms. The van der Waals surface area contributed by atoms with Gasteiger partial charge >= 0.3 is 0 Å². The Balaban J connectivity index is 1.62. The van der Waals surface area contributed by atoms with Crippen LogP contribution in [0.2, 0.25) is 0 Å². The number of thioether (sulfide) groups is 1. The lowest BCUT2D eigenvalue weighted by atomic mass is 9.83. The average molecular weight is 453 g/mol. The summed E-state index contributed by atoms with van der Waals surface area (Å²) in [5.41, 5.74) is 0.741. The zero-order chi connectivity index (χ0) is 22.3. The number of amides is 1. The number of aromatic nitrogens is 1. The maximum Gasteiger partial charge on any atom is 0.242 e. The number of nitrogens with one attached hydrogen (secondary N) is 1. The monoisotopic (exact) mass is 452 g/mol. The highest BCUT2D eigenvalue weighted by molar-refractivity contribution is 8.02. The van der Waals surface area contributed by atoms with Crippen molar-refractivity contribution in [2.24, 2.45) is 0 Å². The van der Waals surface area contributed by atoms with Crippen LogP contribution in [0.5, 0.6) is 0 Å². The first-order valence-corrected chi connectivity index (χ1v) is 13.0. The summed E-state index contributed by atoms with van der Waals surface area (Å²) in [6.45, 7) is 9.72. The molecule has 0 radical (unpaired) electrons. The Bertz CT molecular complexity index is 694. The van der Waals surface area contributed by atoms with Gasteiger partial charge in [0.15, 0.2) is 6.29 Å². The molecule has 1 aliphatic carbocycles. The molecule has 176 valence electrons. The van der Waals surface area contributed by atoms with Crippen molar-refractivity contribution in [3.05, 3.63) is 11.8 Å². The lowest BCUT2D eigenvalue weighted by Gasteiger charge is -2.30. The largest absolute Gasteiger partial charge is 0.353 e. The smallest absolute Gasteiger partial charge is 0.242 e. The molecule has 2 unspecified atom stereocenters. The number of nitrogens with zero attached hydrogens (tertiary/aromatic N) is 1. The Kier molecular flexibility index (Phi) is 8.88. The fourth-order valence-electron chi connectivity index (χ4n) is 4.61. The molecule has 2 aliphatic rings. The first kappa shape index (κ1) is 24.6. The van der Waals surface area contributed by atoms with E-state index in [1.54, 1.807) is 11.8 Å². The summed E-state index contributed by atoms with van der Waals surface area (Å²) in [6, 6.07) is 1.90. The summed E-state index contributed by atoms with van der Waals surface area (Å²) in [4.78, 5) is 13.0. The Morgan fingerprint density at radius 1 is 1.32 bits per heavy atom. The normalized spacial score (nSPS) is 22.4. The molecule has 1 aromatic rings. The van der Waals surface area contributed by atoms with Crippen LogP contribution in [0.1, 0.15) is 97.6 Å². The van der Waals surface area contributed by atoms with Crippen molar-refractivity contribution < 1.29 is 18.8 Å². The highest BCUT2D eigenvalue weighted by Gasteiger charge is 2.40. The molecule has 6 nitrogen and oxygen atoms in total. The van der Waals surface area contributed by atoms with Crippen LogP contribution < -0.4 is 5.32 Å². The van der Waals surface area contributed by atoms with E-state index < -0.39 is 4.75 Å².